The number of nitrogens with one attached hydrogen (secondary N) is 1. The Bertz CT molecular complexity index is 987. The van der Waals surface area contributed by atoms with Crippen LogP contribution in [-0.2, 0) is 0 Å². The molecular formula is C20H20N4O2. The van der Waals surface area contributed by atoms with Gasteiger partial charge < -0.3 is 19.0 Å². The Balaban J connectivity index is 1.62. The third-order valence-corrected chi connectivity index (χ3v) is 4.63. The van der Waals surface area contributed by atoms with Crippen LogP contribution in [0.2, 0.25) is 0 Å². The first-order valence-electron chi connectivity index (χ1n) is 8.77. The number of hydrogen-bond acceptors (Lipinski definition) is 5. The molecule has 3 aromatic rings. The third kappa shape index (κ3) is 3.16. The number of aromatic amines is 1. The summed E-state index contributed by atoms with van der Waals surface area (Å²) in [7, 11) is 1.62. The van der Waals surface area contributed by atoms with Gasteiger partial charge in [0.25, 0.3) is 0 Å². The predicted octanol–water partition coefficient (Wildman–Crippen LogP) is 4.22. The molecular weight excluding hydrogens is 328 g/mol. The minimum Gasteiger partial charge on any atom is -0.497 e. The molecule has 0 saturated carbocycles. The Kier molecular flexibility index (Phi) is 4.36. The minimum atomic E-state index is 0.430. The molecule has 132 valence electrons. The van der Waals surface area contributed by atoms with Gasteiger partial charge in [0.1, 0.15) is 23.4 Å². The number of H-pyrrole nitrogens is 1. The zero-order valence-electron chi connectivity index (χ0n) is 14.7. The summed E-state index contributed by atoms with van der Waals surface area (Å²) in [4.78, 5) is 9.93. The van der Waals surface area contributed by atoms with Gasteiger partial charge in [0.2, 0.25) is 0 Å². The fourth-order valence-electron chi connectivity index (χ4n) is 3.24. The van der Waals surface area contributed by atoms with Crippen LogP contribution in [0.15, 0.2) is 34.7 Å². The van der Waals surface area contributed by atoms with Gasteiger partial charge in [-0.25, -0.2) is 4.98 Å². The zero-order valence-corrected chi connectivity index (χ0v) is 14.7. The summed E-state index contributed by atoms with van der Waals surface area (Å²) in [6, 6.07) is 11.6. The molecule has 0 radical (unpaired) electrons. The maximum atomic E-state index is 9.57. The van der Waals surface area contributed by atoms with Crippen molar-refractivity contribution in [2.75, 3.05) is 25.1 Å². The van der Waals surface area contributed by atoms with E-state index < -0.39 is 0 Å². The fourth-order valence-corrected chi connectivity index (χ4v) is 3.24. The van der Waals surface area contributed by atoms with Crippen LogP contribution in [0.4, 0.5) is 5.88 Å². The van der Waals surface area contributed by atoms with E-state index >= 15 is 0 Å². The summed E-state index contributed by atoms with van der Waals surface area (Å²) >= 11 is 0. The number of imidazole rings is 1. The van der Waals surface area contributed by atoms with Crippen LogP contribution in [0, 0.1) is 11.3 Å². The van der Waals surface area contributed by atoms with E-state index in [4.69, 9.17) is 9.15 Å². The van der Waals surface area contributed by atoms with Crippen molar-refractivity contribution in [1.82, 2.24) is 9.97 Å². The van der Waals surface area contributed by atoms with Crippen molar-refractivity contribution >= 4 is 28.6 Å². The highest BCUT2D eigenvalue weighted by Gasteiger charge is 2.15. The smallest absolute Gasteiger partial charge is 0.196 e. The highest BCUT2D eigenvalue weighted by Crippen LogP contribution is 2.26. The normalized spacial score (nSPS) is 15.2. The molecule has 1 fully saturated rings. The average molecular weight is 348 g/mol. The number of nitriles is 1. The van der Waals surface area contributed by atoms with Crippen molar-refractivity contribution in [2.45, 2.75) is 19.3 Å². The molecule has 6 nitrogen and oxygen atoms in total. The molecule has 4 rings (SSSR count). The standard InChI is InChI=1S/C20H20N4O2/c1-25-15-5-7-17-18(12-15)23-20(22-17)14(13-21)11-16-6-8-19(26-16)24-9-3-2-4-10-24/h5-8,11-12H,2-4,9-10H2,1H3,(H,22,23). The summed E-state index contributed by atoms with van der Waals surface area (Å²) < 4.78 is 11.2. The number of allylic oxidation sites excluding steroid dienone is 1. The van der Waals surface area contributed by atoms with E-state index in [1.165, 1.54) is 19.3 Å². The van der Waals surface area contributed by atoms with Gasteiger partial charge in [-0.05, 0) is 37.5 Å². The van der Waals surface area contributed by atoms with Gasteiger partial charge in [-0.15, -0.1) is 0 Å². The molecule has 1 saturated heterocycles. The maximum Gasteiger partial charge on any atom is 0.196 e. The van der Waals surface area contributed by atoms with Gasteiger partial charge in [0.05, 0.1) is 23.7 Å². The SMILES string of the molecule is COc1ccc2nc(C(C#N)=Cc3ccc(N4CCCCC4)o3)[nH]c2c1. The number of methoxy groups -OCH3 is 1. The zero-order chi connectivity index (χ0) is 17.9. The number of rotatable bonds is 4. The van der Waals surface area contributed by atoms with Crippen LogP contribution in [0.3, 0.4) is 0 Å². The highest BCUT2D eigenvalue weighted by molar-refractivity contribution is 5.89. The van der Waals surface area contributed by atoms with Crippen LogP contribution in [0.25, 0.3) is 22.7 Å². The van der Waals surface area contributed by atoms with Gasteiger partial charge >= 0.3 is 0 Å². The van der Waals surface area contributed by atoms with Crippen LogP contribution in [0.5, 0.6) is 5.75 Å². The summed E-state index contributed by atoms with van der Waals surface area (Å²) in [5.74, 6) is 2.78. The molecule has 1 N–H and O–H groups in total. The lowest BCUT2D eigenvalue weighted by atomic mass is 10.1. The lowest BCUT2D eigenvalue weighted by molar-refractivity contribution is 0.415. The number of fused-ring (bicyclic) bond motifs is 1. The second-order valence-corrected chi connectivity index (χ2v) is 6.36. The van der Waals surface area contributed by atoms with Crippen LogP contribution >= 0.6 is 0 Å². The Morgan fingerprint density at radius 1 is 1.27 bits per heavy atom. The number of anilines is 1. The van der Waals surface area contributed by atoms with Crippen LogP contribution in [0.1, 0.15) is 30.8 Å². The van der Waals surface area contributed by atoms with Gasteiger partial charge in [-0.3, -0.25) is 0 Å². The molecule has 26 heavy (non-hydrogen) atoms. The monoisotopic (exact) mass is 348 g/mol. The van der Waals surface area contributed by atoms with Crippen molar-refractivity contribution in [1.29, 1.82) is 5.26 Å². The maximum absolute atomic E-state index is 9.57. The van der Waals surface area contributed by atoms with E-state index in [0.29, 0.717) is 17.2 Å². The minimum absolute atomic E-state index is 0.430. The van der Waals surface area contributed by atoms with E-state index in [1.807, 2.05) is 30.3 Å². The second-order valence-electron chi connectivity index (χ2n) is 6.36. The fraction of sp³-hybridized carbons (Fsp3) is 0.300. The largest absolute Gasteiger partial charge is 0.497 e. The Morgan fingerprint density at radius 3 is 2.88 bits per heavy atom. The molecule has 0 spiro atoms. The molecule has 0 amide bonds. The van der Waals surface area contributed by atoms with Crippen molar-refractivity contribution in [3.05, 3.63) is 41.9 Å². The van der Waals surface area contributed by atoms with Gasteiger partial charge in [-0.2, -0.15) is 5.26 Å². The molecule has 6 heteroatoms. The second kappa shape index (κ2) is 6.96. The molecule has 2 aromatic heterocycles. The number of ether oxygens (including phenoxy) is 1. The van der Waals surface area contributed by atoms with E-state index in [2.05, 4.69) is 20.9 Å². The molecule has 0 aliphatic carbocycles. The number of benzene rings is 1. The van der Waals surface area contributed by atoms with E-state index in [1.54, 1.807) is 13.2 Å². The van der Waals surface area contributed by atoms with E-state index in [9.17, 15) is 5.26 Å². The third-order valence-electron chi connectivity index (χ3n) is 4.63. The van der Waals surface area contributed by atoms with Crippen molar-refractivity contribution in [3.8, 4) is 11.8 Å². The number of nitrogens with zero attached hydrogens (tertiary/aromatic N) is 3. The lowest BCUT2D eigenvalue weighted by Crippen LogP contribution is -2.28. The molecule has 3 heterocycles. The first-order chi connectivity index (χ1) is 12.8. The Hall–Kier alpha value is -3.20. The molecule has 1 aliphatic rings. The molecule has 1 aromatic carbocycles. The quantitative estimate of drug-likeness (QED) is 0.714. The topological polar surface area (TPSA) is 78.1 Å². The molecule has 0 bridgehead atoms. The van der Waals surface area contributed by atoms with Crippen molar-refractivity contribution in [2.24, 2.45) is 0 Å². The van der Waals surface area contributed by atoms with Crippen molar-refractivity contribution in [3.63, 3.8) is 0 Å². The summed E-state index contributed by atoms with van der Waals surface area (Å²) in [6.45, 7) is 2.04. The average Bonchev–Trinajstić information content (AvgIpc) is 3.32. The molecule has 1 aliphatic heterocycles. The van der Waals surface area contributed by atoms with Crippen molar-refractivity contribution < 1.29 is 9.15 Å². The van der Waals surface area contributed by atoms with E-state index in [0.717, 1.165) is 35.8 Å². The summed E-state index contributed by atoms with van der Waals surface area (Å²) in [6.07, 6.45) is 5.39. The Morgan fingerprint density at radius 2 is 2.12 bits per heavy atom. The Labute approximate surface area is 151 Å². The number of aromatic nitrogens is 2. The molecule has 0 atom stereocenters. The van der Waals surface area contributed by atoms with Gasteiger partial charge in [0.15, 0.2) is 5.88 Å². The number of piperidine rings is 1. The van der Waals surface area contributed by atoms with Crippen LogP contribution in [-0.4, -0.2) is 30.2 Å². The predicted molar refractivity (Wildman–Crippen MR) is 101 cm³/mol. The van der Waals surface area contributed by atoms with Gasteiger partial charge in [-0.1, -0.05) is 0 Å². The molecule has 0 unspecified atom stereocenters. The van der Waals surface area contributed by atoms with Crippen LogP contribution < -0.4 is 9.64 Å². The first kappa shape index (κ1) is 16.3. The summed E-state index contributed by atoms with van der Waals surface area (Å²) in [5.41, 5.74) is 2.05. The highest BCUT2D eigenvalue weighted by atomic mass is 16.5. The first-order valence-corrected chi connectivity index (χ1v) is 8.77. The van der Waals surface area contributed by atoms with E-state index in [-0.39, 0.29) is 0 Å². The lowest BCUT2D eigenvalue weighted by Gasteiger charge is -2.25. The van der Waals surface area contributed by atoms with Gasteiger partial charge in [0, 0.05) is 31.3 Å². The number of hydrogen-bond donors (Lipinski definition) is 1. The summed E-state index contributed by atoms with van der Waals surface area (Å²) in [5, 5.41) is 9.57. The number of furan rings is 1.